The summed E-state index contributed by atoms with van der Waals surface area (Å²) >= 11 is 0. The molecule has 0 saturated carbocycles. The van der Waals surface area contributed by atoms with Crippen molar-refractivity contribution in [2.24, 2.45) is 11.7 Å². The predicted molar refractivity (Wildman–Crippen MR) is 92.5 cm³/mol. The highest BCUT2D eigenvalue weighted by atomic mass is 16.6. The van der Waals surface area contributed by atoms with Crippen molar-refractivity contribution in [3.05, 3.63) is 24.3 Å². The standard InChI is InChI=1S/C18H25N3O4/c1-2-20(17(22)13-7-9-21(10-8-13)18(19)23)11-14-12-24-15-5-3-4-6-16(15)25-14/h3-6,13-14H,2,7-12H2,1H3,(H2,19,23). The summed E-state index contributed by atoms with van der Waals surface area (Å²) < 4.78 is 11.7. The van der Waals surface area contributed by atoms with Crippen LogP contribution in [0, 0.1) is 5.92 Å². The number of carbonyl (C=O) groups excluding carboxylic acids is 2. The Morgan fingerprint density at radius 2 is 1.92 bits per heavy atom. The highest BCUT2D eigenvalue weighted by molar-refractivity contribution is 5.79. The maximum absolute atomic E-state index is 12.8. The zero-order chi connectivity index (χ0) is 17.8. The molecule has 7 heteroatoms. The number of nitrogens with zero attached hydrogens (tertiary/aromatic N) is 2. The first kappa shape index (κ1) is 17.4. The van der Waals surface area contributed by atoms with Gasteiger partial charge in [-0.25, -0.2) is 4.79 Å². The maximum atomic E-state index is 12.8. The van der Waals surface area contributed by atoms with Gasteiger partial charge in [0.25, 0.3) is 0 Å². The van der Waals surface area contributed by atoms with Crippen LogP contribution >= 0.6 is 0 Å². The predicted octanol–water partition coefficient (Wildman–Crippen LogP) is 1.47. The van der Waals surface area contributed by atoms with Gasteiger partial charge in [0.05, 0.1) is 6.54 Å². The molecule has 3 amide bonds. The number of likely N-dealkylation sites (tertiary alicyclic amines) is 1. The van der Waals surface area contributed by atoms with E-state index >= 15 is 0 Å². The van der Waals surface area contributed by atoms with E-state index < -0.39 is 6.03 Å². The first-order valence-electron chi connectivity index (χ1n) is 8.80. The number of benzene rings is 1. The lowest BCUT2D eigenvalue weighted by molar-refractivity contribution is -0.138. The van der Waals surface area contributed by atoms with E-state index in [-0.39, 0.29) is 17.9 Å². The van der Waals surface area contributed by atoms with Gasteiger partial charge in [0, 0.05) is 25.6 Å². The van der Waals surface area contributed by atoms with Gasteiger partial charge in [0.15, 0.2) is 17.6 Å². The van der Waals surface area contributed by atoms with Crippen LogP contribution in [0.5, 0.6) is 11.5 Å². The number of urea groups is 1. The van der Waals surface area contributed by atoms with Crippen LogP contribution in [0.1, 0.15) is 19.8 Å². The lowest BCUT2D eigenvalue weighted by Gasteiger charge is -2.35. The summed E-state index contributed by atoms with van der Waals surface area (Å²) in [6, 6.07) is 7.15. The highest BCUT2D eigenvalue weighted by Crippen LogP contribution is 2.31. The van der Waals surface area contributed by atoms with E-state index in [2.05, 4.69) is 0 Å². The molecular weight excluding hydrogens is 322 g/mol. The van der Waals surface area contributed by atoms with Gasteiger partial charge < -0.3 is 25.0 Å². The maximum Gasteiger partial charge on any atom is 0.314 e. The van der Waals surface area contributed by atoms with Crippen LogP contribution in [0.3, 0.4) is 0 Å². The Morgan fingerprint density at radius 1 is 1.24 bits per heavy atom. The second kappa shape index (κ2) is 7.63. The molecule has 2 aliphatic heterocycles. The van der Waals surface area contributed by atoms with Gasteiger partial charge in [-0.3, -0.25) is 4.79 Å². The Hall–Kier alpha value is -2.44. The number of hydrogen-bond donors (Lipinski definition) is 1. The Bertz CT molecular complexity index is 629. The van der Waals surface area contributed by atoms with Gasteiger partial charge in [-0.1, -0.05) is 12.1 Å². The number of primary amides is 1. The van der Waals surface area contributed by atoms with E-state index in [4.69, 9.17) is 15.2 Å². The zero-order valence-electron chi connectivity index (χ0n) is 14.5. The highest BCUT2D eigenvalue weighted by Gasteiger charge is 2.31. The number of ether oxygens (including phenoxy) is 2. The first-order chi connectivity index (χ1) is 12.1. The third kappa shape index (κ3) is 3.97. The quantitative estimate of drug-likeness (QED) is 0.894. The molecule has 1 aromatic carbocycles. The molecule has 0 spiro atoms. The van der Waals surface area contributed by atoms with Crippen LogP contribution in [-0.2, 0) is 4.79 Å². The summed E-state index contributed by atoms with van der Waals surface area (Å²) in [7, 11) is 0. The molecule has 25 heavy (non-hydrogen) atoms. The van der Waals surface area contributed by atoms with Crippen LogP contribution in [0.4, 0.5) is 4.79 Å². The van der Waals surface area contributed by atoms with E-state index in [0.29, 0.717) is 45.6 Å². The minimum Gasteiger partial charge on any atom is -0.486 e. The Balaban J connectivity index is 1.56. The molecule has 1 unspecified atom stereocenters. The van der Waals surface area contributed by atoms with Gasteiger partial charge in [-0.15, -0.1) is 0 Å². The van der Waals surface area contributed by atoms with Crippen molar-refractivity contribution in [1.29, 1.82) is 0 Å². The van der Waals surface area contributed by atoms with E-state index in [9.17, 15) is 9.59 Å². The number of hydrogen-bond acceptors (Lipinski definition) is 4. The molecule has 0 bridgehead atoms. The van der Waals surface area contributed by atoms with Crippen LogP contribution in [-0.4, -0.2) is 60.6 Å². The minimum absolute atomic E-state index is 0.0626. The smallest absolute Gasteiger partial charge is 0.314 e. The molecule has 0 aliphatic carbocycles. The molecule has 2 N–H and O–H groups in total. The second-order valence-corrected chi connectivity index (χ2v) is 6.47. The Labute approximate surface area is 147 Å². The zero-order valence-corrected chi connectivity index (χ0v) is 14.5. The molecule has 2 heterocycles. The van der Waals surface area contributed by atoms with Crippen molar-refractivity contribution in [3.8, 4) is 11.5 Å². The lowest BCUT2D eigenvalue weighted by Crippen LogP contribution is -2.49. The van der Waals surface area contributed by atoms with Crippen LogP contribution in [0.2, 0.25) is 0 Å². The number of piperidine rings is 1. The molecule has 3 rings (SSSR count). The third-order valence-electron chi connectivity index (χ3n) is 4.84. The SMILES string of the molecule is CCN(CC1COc2ccccc2O1)C(=O)C1CCN(C(N)=O)CC1. The molecule has 1 fully saturated rings. The number of para-hydroxylation sites is 2. The normalized spacial score (nSPS) is 20.2. The average Bonchev–Trinajstić information content (AvgIpc) is 2.65. The van der Waals surface area contributed by atoms with Gasteiger partial charge in [-0.2, -0.15) is 0 Å². The van der Waals surface area contributed by atoms with Crippen molar-refractivity contribution in [2.45, 2.75) is 25.9 Å². The third-order valence-corrected chi connectivity index (χ3v) is 4.84. The van der Waals surface area contributed by atoms with Gasteiger partial charge in [0.2, 0.25) is 5.91 Å². The number of likely N-dealkylation sites (N-methyl/N-ethyl adjacent to an activating group) is 1. The summed E-state index contributed by atoms with van der Waals surface area (Å²) in [5, 5.41) is 0. The average molecular weight is 347 g/mol. The molecule has 136 valence electrons. The topological polar surface area (TPSA) is 85.1 Å². The van der Waals surface area contributed by atoms with Crippen LogP contribution < -0.4 is 15.2 Å². The fourth-order valence-electron chi connectivity index (χ4n) is 3.38. The van der Waals surface area contributed by atoms with Crippen molar-refractivity contribution < 1.29 is 19.1 Å². The van der Waals surface area contributed by atoms with Gasteiger partial charge in [0.1, 0.15) is 6.61 Å². The van der Waals surface area contributed by atoms with Crippen molar-refractivity contribution in [2.75, 3.05) is 32.8 Å². The molecule has 1 atom stereocenters. The summed E-state index contributed by atoms with van der Waals surface area (Å²) in [4.78, 5) is 27.4. The summed E-state index contributed by atoms with van der Waals surface area (Å²) in [6.07, 6.45) is 1.14. The number of amides is 3. The van der Waals surface area contributed by atoms with E-state index in [1.165, 1.54) is 0 Å². The van der Waals surface area contributed by atoms with Crippen LogP contribution in [0.25, 0.3) is 0 Å². The van der Waals surface area contributed by atoms with Gasteiger partial charge in [-0.05, 0) is 31.9 Å². The van der Waals surface area contributed by atoms with E-state index in [1.807, 2.05) is 36.1 Å². The Morgan fingerprint density at radius 3 is 2.56 bits per heavy atom. The summed E-state index contributed by atoms with van der Waals surface area (Å²) in [6.45, 7) is 4.60. The molecule has 0 aromatic heterocycles. The van der Waals surface area contributed by atoms with Crippen molar-refractivity contribution >= 4 is 11.9 Å². The lowest BCUT2D eigenvalue weighted by atomic mass is 9.95. The van der Waals surface area contributed by atoms with E-state index in [0.717, 1.165) is 11.5 Å². The molecule has 7 nitrogen and oxygen atoms in total. The summed E-state index contributed by atoms with van der Waals surface area (Å²) in [5.74, 6) is 1.52. The molecule has 2 aliphatic rings. The van der Waals surface area contributed by atoms with E-state index in [1.54, 1.807) is 4.90 Å². The fraction of sp³-hybridized carbons (Fsp3) is 0.556. The van der Waals surface area contributed by atoms with Crippen LogP contribution in [0.15, 0.2) is 24.3 Å². The second-order valence-electron chi connectivity index (χ2n) is 6.47. The number of carbonyl (C=O) groups is 2. The monoisotopic (exact) mass is 347 g/mol. The largest absolute Gasteiger partial charge is 0.486 e. The summed E-state index contributed by atoms with van der Waals surface area (Å²) in [5.41, 5.74) is 5.30. The van der Waals surface area contributed by atoms with Crippen molar-refractivity contribution in [1.82, 2.24) is 9.80 Å². The molecule has 1 aromatic rings. The number of rotatable bonds is 4. The molecular formula is C18H25N3O4. The number of nitrogens with two attached hydrogens (primary N) is 1. The first-order valence-corrected chi connectivity index (χ1v) is 8.80. The minimum atomic E-state index is -0.412. The fourth-order valence-corrected chi connectivity index (χ4v) is 3.38. The number of fused-ring (bicyclic) bond motifs is 1. The Kier molecular flexibility index (Phi) is 5.31. The van der Waals surface area contributed by atoms with Crippen molar-refractivity contribution in [3.63, 3.8) is 0 Å². The molecule has 1 saturated heterocycles. The molecule has 0 radical (unpaired) electrons. The van der Waals surface area contributed by atoms with Gasteiger partial charge >= 0.3 is 6.03 Å².